The van der Waals surface area contributed by atoms with Gasteiger partial charge >= 0.3 is 0 Å². The lowest BCUT2D eigenvalue weighted by Gasteiger charge is -1.99. The molecule has 0 spiro atoms. The number of aromatic nitrogens is 2. The zero-order valence-corrected chi connectivity index (χ0v) is 11.4. The second-order valence-corrected chi connectivity index (χ2v) is 4.40. The predicted molar refractivity (Wildman–Crippen MR) is 77.1 cm³/mol. The molecule has 0 atom stereocenters. The van der Waals surface area contributed by atoms with Crippen LogP contribution in [0, 0.1) is 11.3 Å². The molecule has 0 unspecified atom stereocenters. The number of benzene rings is 1. The van der Waals surface area contributed by atoms with Gasteiger partial charge in [-0.05, 0) is 23.8 Å². The minimum atomic E-state index is -2.50. The van der Waals surface area contributed by atoms with E-state index >= 15 is 0 Å². The molecule has 112 valence electrons. The van der Waals surface area contributed by atoms with Gasteiger partial charge in [0.25, 0.3) is 6.43 Å². The van der Waals surface area contributed by atoms with Crippen LogP contribution in [0.5, 0.6) is 0 Å². The maximum Gasteiger partial charge on any atom is 0.257 e. The number of anilines is 1. The number of halogens is 2. The SMILES string of the molecule is N#Cc1cccc(/C=C/C(=O)Nc2cnn(CC(F)F)c2)c1. The van der Waals surface area contributed by atoms with Crippen molar-refractivity contribution in [3.63, 3.8) is 0 Å². The summed E-state index contributed by atoms with van der Waals surface area (Å²) in [6.07, 6.45) is 2.97. The molecule has 0 fully saturated rings. The largest absolute Gasteiger partial charge is 0.320 e. The highest BCUT2D eigenvalue weighted by atomic mass is 19.3. The molecule has 1 heterocycles. The average molecular weight is 302 g/mol. The molecule has 0 aliphatic carbocycles. The second-order valence-electron chi connectivity index (χ2n) is 4.40. The van der Waals surface area contributed by atoms with E-state index in [0.29, 0.717) is 16.8 Å². The fourth-order valence-corrected chi connectivity index (χ4v) is 1.74. The molecule has 22 heavy (non-hydrogen) atoms. The van der Waals surface area contributed by atoms with Gasteiger partial charge in [-0.1, -0.05) is 12.1 Å². The molecule has 7 heteroatoms. The Morgan fingerprint density at radius 3 is 3.05 bits per heavy atom. The lowest BCUT2D eigenvalue weighted by molar-refractivity contribution is -0.111. The zero-order valence-electron chi connectivity index (χ0n) is 11.4. The summed E-state index contributed by atoms with van der Waals surface area (Å²) >= 11 is 0. The summed E-state index contributed by atoms with van der Waals surface area (Å²) in [4.78, 5) is 11.7. The standard InChI is InChI=1S/C15H12F2N4O/c16-14(17)10-21-9-13(8-19-21)20-15(22)5-4-11-2-1-3-12(6-11)7-18/h1-6,8-9,14H,10H2,(H,20,22)/b5-4+. The molecule has 0 bridgehead atoms. The lowest BCUT2D eigenvalue weighted by atomic mass is 10.1. The summed E-state index contributed by atoms with van der Waals surface area (Å²) in [5, 5.41) is 15.0. The van der Waals surface area contributed by atoms with E-state index < -0.39 is 18.9 Å². The van der Waals surface area contributed by atoms with Gasteiger partial charge in [-0.15, -0.1) is 0 Å². The van der Waals surface area contributed by atoms with Gasteiger partial charge in [0.05, 0.1) is 23.5 Å². The van der Waals surface area contributed by atoms with Gasteiger partial charge in [0.1, 0.15) is 6.54 Å². The van der Waals surface area contributed by atoms with Gasteiger partial charge in [0.15, 0.2) is 0 Å². The van der Waals surface area contributed by atoms with E-state index in [4.69, 9.17) is 5.26 Å². The molecule has 1 aromatic heterocycles. The Kier molecular flexibility index (Phi) is 4.98. The maximum atomic E-state index is 12.2. The van der Waals surface area contributed by atoms with Gasteiger partial charge in [-0.3, -0.25) is 9.48 Å². The van der Waals surface area contributed by atoms with Crippen molar-refractivity contribution in [1.29, 1.82) is 5.26 Å². The van der Waals surface area contributed by atoms with Crippen LogP contribution in [0.1, 0.15) is 11.1 Å². The molecule has 0 saturated heterocycles. The summed E-state index contributed by atoms with van der Waals surface area (Å²) in [5.74, 6) is -0.418. The number of hydrogen-bond donors (Lipinski definition) is 1. The van der Waals surface area contributed by atoms with Crippen molar-refractivity contribution in [3.05, 3.63) is 53.9 Å². The number of nitriles is 1. The Balaban J connectivity index is 1.96. The molecule has 0 saturated carbocycles. The monoisotopic (exact) mass is 302 g/mol. The van der Waals surface area contributed by atoms with E-state index in [1.807, 2.05) is 6.07 Å². The fraction of sp³-hybridized carbons (Fsp3) is 0.133. The third kappa shape index (κ3) is 4.52. The number of nitrogens with one attached hydrogen (secondary N) is 1. The Morgan fingerprint density at radius 2 is 2.32 bits per heavy atom. The van der Waals surface area contributed by atoms with Crippen molar-refractivity contribution < 1.29 is 13.6 Å². The van der Waals surface area contributed by atoms with Crippen LogP contribution in [0.2, 0.25) is 0 Å². The van der Waals surface area contributed by atoms with E-state index in [1.165, 1.54) is 18.5 Å². The quantitative estimate of drug-likeness (QED) is 0.863. The Labute approximate surface area is 125 Å². The van der Waals surface area contributed by atoms with Crippen molar-refractivity contribution in [2.75, 3.05) is 5.32 Å². The number of amides is 1. The van der Waals surface area contributed by atoms with E-state index in [-0.39, 0.29) is 0 Å². The van der Waals surface area contributed by atoms with Crippen LogP contribution in [-0.4, -0.2) is 22.1 Å². The van der Waals surface area contributed by atoms with Gasteiger partial charge in [-0.25, -0.2) is 8.78 Å². The number of hydrogen-bond acceptors (Lipinski definition) is 3. The average Bonchev–Trinajstić information content (AvgIpc) is 2.91. The van der Waals surface area contributed by atoms with E-state index in [1.54, 1.807) is 30.3 Å². The number of nitrogens with zero attached hydrogens (tertiary/aromatic N) is 3. The van der Waals surface area contributed by atoms with Crippen molar-refractivity contribution in [3.8, 4) is 6.07 Å². The van der Waals surface area contributed by atoms with Crippen molar-refractivity contribution in [2.45, 2.75) is 13.0 Å². The predicted octanol–water partition coefficient (Wildman–Crippen LogP) is 2.67. The molecule has 2 aromatic rings. The molecule has 1 N–H and O–H groups in total. The molecule has 0 aliphatic heterocycles. The van der Waals surface area contributed by atoms with Crippen LogP contribution < -0.4 is 5.32 Å². The highest BCUT2D eigenvalue weighted by molar-refractivity contribution is 6.01. The highest BCUT2D eigenvalue weighted by Crippen LogP contribution is 2.09. The van der Waals surface area contributed by atoms with Gasteiger partial charge < -0.3 is 5.32 Å². The minimum absolute atomic E-state index is 0.334. The number of rotatable bonds is 5. The first-order chi connectivity index (χ1) is 10.6. The van der Waals surface area contributed by atoms with E-state index in [2.05, 4.69) is 10.4 Å². The van der Waals surface area contributed by atoms with Gasteiger partial charge in [0, 0.05) is 12.3 Å². The normalized spacial score (nSPS) is 10.8. The number of carbonyl (C=O) groups excluding carboxylic acids is 1. The molecule has 0 radical (unpaired) electrons. The zero-order chi connectivity index (χ0) is 15.9. The lowest BCUT2D eigenvalue weighted by Crippen LogP contribution is -2.08. The molecular formula is C15H12F2N4O. The van der Waals surface area contributed by atoms with E-state index in [9.17, 15) is 13.6 Å². The smallest absolute Gasteiger partial charge is 0.257 e. The molecule has 0 aliphatic rings. The molecular weight excluding hydrogens is 290 g/mol. The Hall–Kier alpha value is -3.01. The van der Waals surface area contributed by atoms with Crippen LogP contribution in [0.25, 0.3) is 6.08 Å². The van der Waals surface area contributed by atoms with Gasteiger partial charge in [-0.2, -0.15) is 10.4 Å². The van der Waals surface area contributed by atoms with Crippen molar-refractivity contribution in [2.24, 2.45) is 0 Å². The van der Waals surface area contributed by atoms with Crippen LogP contribution in [-0.2, 0) is 11.3 Å². The summed E-state index contributed by atoms with van der Waals surface area (Å²) in [5.41, 5.74) is 1.54. The topological polar surface area (TPSA) is 70.7 Å². The third-order valence-corrected chi connectivity index (χ3v) is 2.67. The first kappa shape index (κ1) is 15.4. The molecule has 5 nitrogen and oxygen atoms in total. The van der Waals surface area contributed by atoms with Gasteiger partial charge in [0.2, 0.25) is 5.91 Å². The van der Waals surface area contributed by atoms with Crippen molar-refractivity contribution >= 4 is 17.7 Å². The van der Waals surface area contributed by atoms with Crippen LogP contribution >= 0.6 is 0 Å². The maximum absolute atomic E-state index is 12.2. The fourth-order valence-electron chi connectivity index (χ4n) is 1.74. The second kappa shape index (κ2) is 7.13. The van der Waals surface area contributed by atoms with Crippen LogP contribution in [0.15, 0.2) is 42.7 Å². The summed E-state index contributed by atoms with van der Waals surface area (Å²) in [6, 6.07) is 8.78. The van der Waals surface area contributed by atoms with Crippen LogP contribution in [0.4, 0.5) is 14.5 Å². The summed E-state index contributed by atoms with van der Waals surface area (Å²) < 4.78 is 25.4. The summed E-state index contributed by atoms with van der Waals surface area (Å²) in [6.45, 7) is -0.521. The van der Waals surface area contributed by atoms with Crippen LogP contribution in [0.3, 0.4) is 0 Å². The molecule has 1 amide bonds. The van der Waals surface area contributed by atoms with Crippen molar-refractivity contribution in [1.82, 2.24) is 9.78 Å². The Bertz CT molecular complexity index is 731. The minimum Gasteiger partial charge on any atom is -0.320 e. The Morgan fingerprint density at radius 1 is 1.50 bits per heavy atom. The first-order valence-corrected chi connectivity index (χ1v) is 6.36. The molecule has 2 rings (SSSR count). The molecule has 1 aromatic carbocycles. The van der Waals surface area contributed by atoms with E-state index in [0.717, 1.165) is 4.68 Å². The third-order valence-electron chi connectivity index (χ3n) is 2.67. The first-order valence-electron chi connectivity index (χ1n) is 6.36. The highest BCUT2D eigenvalue weighted by Gasteiger charge is 2.06. The number of alkyl halides is 2. The summed E-state index contributed by atoms with van der Waals surface area (Å²) in [7, 11) is 0. The number of carbonyl (C=O) groups is 1.